The largest absolute Gasteiger partial charge is 0.330 e. The van der Waals surface area contributed by atoms with E-state index >= 15 is 0 Å². The molecule has 1 aromatic rings. The lowest BCUT2D eigenvalue weighted by molar-refractivity contribution is 0.524. The molecule has 1 aromatic carbocycles. The lowest BCUT2D eigenvalue weighted by Gasteiger charge is -2.08. The van der Waals surface area contributed by atoms with Crippen LogP contribution in [-0.4, -0.2) is 6.54 Å². The van der Waals surface area contributed by atoms with Crippen LogP contribution >= 0.6 is 0 Å². The normalized spacial score (nSPS) is 12.9. The second-order valence-corrected chi connectivity index (χ2v) is 3.62. The summed E-state index contributed by atoms with van der Waals surface area (Å²) in [5.74, 6) is -0.380. The van der Waals surface area contributed by atoms with Crippen LogP contribution in [-0.2, 0) is 6.42 Å². The van der Waals surface area contributed by atoms with Crippen molar-refractivity contribution in [3.63, 3.8) is 0 Å². The Morgan fingerprint density at radius 3 is 2.71 bits per heavy atom. The van der Waals surface area contributed by atoms with Crippen molar-refractivity contribution in [2.75, 3.05) is 6.54 Å². The Bertz CT molecular complexity index is 299. The standard InChI is InChI=1S/C11H15F2N/c1-8(7-14)2-3-9-6-10(12)4-5-11(9)13/h4-6,8H,2-3,7,14H2,1H3. The Morgan fingerprint density at radius 1 is 1.36 bits per heavy atom. The molecule has 0 saturated heterocycles. The summed E-state index contributed by atoms with van der Waals surface area (Å²) in [5.41, 5.74) is 5.87. The minimum absolute atomic E-state index is 0.337. The Hall–Kier alpha value is -0.960. The minimum atomic E-state index is -0.387. The smallest absolute Gasteiger partial charge is 0.126 e. The van der Waals surface area contributed by atoms with Gasteiger partial charge in [0.05, 0.1) is 0 Å². The SMILES string of the molecule is CC(CN)CCc1cc(F)ccc1F. The average Bonchev–Trinajstić information content (AvgIpc) is 2.19. The second-order valence-electron chi connectivity index (χ2n) is 3.62. The third-order valence-electron chi connectivity index (χ3n) is 2.32. The number of aryl methyl sites for hydroxylation is 1. The van der Waals surface area contributed by atoms with Gasteiger partial charge in [-0.25, -0.2) is 8.78 Å². The highest BCUT2D eigenvalue weighted by Gasteiger charge is 2.05. The van der Waals surface area contributed by atoms with Crippen LogP contribution in [0.2, 0.25) is 0 Å². The molecule has 14 heavy (non-hydrogen) atoms. The zero-order valence-corrected chi connectivity index (χ0v) is 8.26. The van der Waals surface area contributed by atoms with Crippen molar-refractivity contribution in [2.24, 2.45) is 11.7 Å². The van der Waals surface area contributed by atoms with Crippen molar-refractivity contribution >= 4 is 0 Å². The van der Waals surface area contributed by atoms with Gasteiger partial charge >= 0.3 is 0 Å². The third kappa shape index (κ3) is 3.07. The molecule has 2 N–H and O–H groups in total. The molecule has 0 heterocycles. The first-order valence-electron chi connectivity index (χ1n) is 4.77. The number of hydrogen-bond acceptors (Lipinski definition) is 1. The van der Waals surface area contributed by atoms with Crippen LogP contribution in [0.25, 0.3) is 0 Å². The van der Waals surface area contributed by atoms with Gasteiger partial charge in [-0.3, -0.25) is 0 Å². The van der Waals surface area contributed by atoms with Gasteiger partial charge in [0.1, 0.15) is 11.6 Å². The van der Waals surface area contributed by atoms with E-state index in [4.69, 9.17) is 5.73 Å². The maximum atomic E-state index is 13.1. The van der Waals surface area contributed by atoms with Crippen LogP contribution in [0.15, 0.2) is 18.2 Å². The fourth-order valence-electron chi connectivity index (χ4n) is 1.25. The first-order chi connectivity index (χ1) is 6.63. The molecule has 1 nitrogen and oxygen atoms in total. The van der Waals surface area contributed by atoms with Crippen molar-refractivity contribution in [3.05, 3.63) is 35.4 Å². The predicted octanol–water partition coefficient (Wildman–Crippen LogP) is 2.49. The van der Waals surface area contributed by atoms with Crippen LogP contribution < -0.4 is 5.73 Å². The van der Waals surface area contributed by atoms with Gasteiger partial charge in [-0.1, -0.05) is 6.92 Å². The molecule has 1 rings (SSSR count). The molecule has 0 aliphatic heterocycles. The maximum absolute atomic E-state index is 13.1. The van der Waals surface area contributed by atoms with Crippen LogP contribution in [0.4, 0.5) is 8.78 Å². The Labute approximate surface area is 82.9 Å². The molecule has 0 fully saturated rings. The molecule has 0 spiro atoms. The number of rotatable bonds is 4. The van der Waals surface area contributed by atoms with E-state index in [1.54, 1.807) is 0 Å². The highest BCUT2D eigenvalue weighted by atomic mass is 19.1. The van der Waals surface area contributed by atoms with E-state index in [9.17, 15) is 8.78 Å². The van der Waals surface area contributed by atoms with Gasteiger partial charge in [-0.15, -0.1) is 0 Å². The maximum Gasteiger partial charge on any atom is 0.126 e. The molecular formula is C11H15F2N. The number of hydrogen-bond donors (Lipinski definition) is 1. The number of nitrogens with two attached hydrogens (primary N) is 1. The third-order valence-corrected chi connectivity index (χ3v) is 2.32. The highest BCUT2D eigenvalue weighted by molar-refractivity contribution is 5.18. The van der Waals surface area contributed by atoms with Gasteiger partial charge in [-0.05, 0) is 49.1 Å². The highest BCUT2D eigenvalue weighted by Crippen LogP contribution is 2.14. The van der Waals surface area contributed by atoms with E-state index in [1.807, 2.05) is 6.92 Å². The molecule has 0 saturated carbocycles. The van der Waals surface area contributed by atoms with Crippen LogP contribution in [0.5, 0.6) is 0 Å². The molecule has 0 aliphatic rings. The van der Waals surface area contributed by atoms with Crippen LogP contribution in [0.3, 0.4) is 0 Å². The molecule has 0 radical (unpaired) electrons. The zero-order valence-electron chi connectivity index (χ0n) is 8.26. The van der Waals surface area contributed by atoms with Crippen molar-refractivity contribution < 1.29 is 8.78 Å². The average molecular weight is 199 g/mol. The molecule has 78 valence electrons. The van der Waals surface area contributed by atoms with Gasteiger partial charge in [-0.2, -0.15) is 0 Å². The Kier molecular flexibility index (Phi) is 4.01. The topological polar surface area (TPSA) is 26.0 Å². The number of halogens is 2. The summed E-state index contributed by atoms with van der Waals surface area (Å²) in [4.78, 5) is 0. The molecule has 3 heteroatoms. The molecule has 1 unspecified atom stereocenters. The summed E-state index contributed by atoms with van der Waals surface area (Å²) in [7, 11) is 0. The first-order valence-corrected chi connectivity index (χ1v) is 4.77. The van der Waals surface area contributed by atoms with E-state index in [1.165, 1.54) is 6.07 Å². The van der Waals surface area contributed by atoms with E-state index in [0.29, 0.717) is 24.4 Å². The summed E-state index contributed by atoms with van der Waals surface area (Å²) in [6, 6.07) is 3.54. The number of benzene rings is 1. The second kappa shape index (κ2) is 5.05. The van der Waals surface area contributed by atoms with E-state index in [0.717, 1.165) is 18.6 Å². The van der Waals surface area contributed by atoms with E-state index in [2.05, 4.69) is 0 Å². The van der Waals surface area contributed by atoms with Gasteiger partial charge < -0.3 is 5.73 Å². The predicted molar refractivity (Wildman–Crippen MR) is 52.9 cm³/mol. The Morgan fingerprint density at radius 2 is 2.07 bits per heavy atom. The summed E-state index contributed by atoms with van der Waals surface area (Å²) in [5, 5.41) is 0. The lowest BCUT2D eigenvalue weighted by Crippen LogP contribution is -2.11. The van der Waals surface area contributed by atoms with E-state index in [-0.39, 0.29) is 11.6 Å². The summed E-state index contributed by atoms with van der Waals surface area (Å²) in [6.45, 7) is 2.58. The van der Waals surface area contributed by atoms with Crippen molar-refractivity contribution in [2.45, 2.75) is 19.8 Å². The van der Waals surface area contributed by atoms with Crippen molar-refractivity contribution in [1.29, 1.82) is 0 Å². The van der Waals surface area contributed by atoms with Gasteiger partial charge in [0.25, 0.3) is 0 Å². The molecular weight excluding hydrogens is 184 g/mol. The Balaban J connectivity index is 2.62. The van der Waals surface area contributed by atoms with Gasteiger partial charge in [0.15, 0.2) is 0 Å². The van der Waals surface area contributed by atoms with Gasteiger partial charge in [0.2, 0.25) is 0 Å². The molecule has 1 atom stereocenters. The van der Waals surface area contributed by atoms with Crippen molar-refractivity contribution in [3.8, 4) is 0 Å². The summed E-state index contributed by atoms with van der Waals surface area (Å²) < 4.78 is 25.9. The van der Waals surface area contributed by atoms with Crippen LogP contribution in [0, 0.1) is 17.6 Å². The molecule has 0 amide bonds. The van der Waals surface area contributed by atoms with E-state index < -0.39 is 0 Å². The lowest BCUT2D eigenvalue weighted by atomic mass is 10.0. The van der Waals surface area contributed by atoms with Gasteiger partial charge in [0, 0.05) is 0 Å². The van der Waals surface area contributed by atoms with Crippen LogP contribution in [0.1, 0.15) is 18.9 Å². The molecule has 0 aromatic heterocycles. The van der Waals surface area contributed by atoms with Crippen molar-refractivity contribution in [1.82, 2.24) is 0 Å². The molecule has 0 aliphatic carbocycles. The molecule has 0 bridgehead atoms. The fourth-order valence-corrected chi connectivity index (χ4v) is 1.25. The monoisotopic (exact) mass is 199 g/mol. The fraction of sp³-hybridized carbons (Fsp3) is 0.455. The minimum Gasteiger partial charge on any atom is -0.330 e. The first kappa shape index (κ1) is 11.1. The zero-order chi connectivity index (χ0) is 10.6. The quantitative estimate of drug-likeness (QED) is 0.792. The summed E-state index contributed by atoms with van der Waals surface area (Å²) in [6.07, 6.45) is 1.33. The summed E-state index contributed by atoms with van der Waals surface area (Å²) >= 11 is 0.